The summed E-state index contributed by atoms with van der Waals surface area (Å²) in [6.07, 6.45) is 5.33. The lowest BCUT2D eigenvalue weighted by atomic mass is 10.2. The fraction of sp³-hybridized carbons (Fsp3) is 0.316. The molecule has 0 bridgehead atoms. The molecule has 0 saturated heterocycles. The first kappa shape index (κ1) is 23.5. The lowest BCUT2D eigenvalue weighted by molar-refractivity contribution is 0.0943. The van der Waals surface area contributed by atoms with Crippen molar-refractivity contribution in [2.24, 2.45) is 12.0 Å². The van der Waals surface area contributed by atoms with E-state index in [-0.39, 0.29) is 5.91 Å². The van der Waals surface area contributed by atoms with Crippen molar-refractivity contribution in [3.8, 4) is 5.75 Å². The molecule has 1 aromatic heterocycles. The van der Waals surface area contributed by atoms with E-state index in [0.29, 0.717) is 18.1 Å². The molecule has 1 heterocycles. The second-order valence-corrected chi connectivity index (χ2v) is 5.84. The van der Waals surface area contributed by atoms with Crippen LogP contribution in [-0.2, 0) is 13.6 Å². The van der Waals surface area contributed by atoms with Crippen LogP contribution in [0.2, 0.25) is 0 Å². The molecular weight excluding hydrogens is 348 g/mol. The van der Waals surface area contributed by atoms with E-state index in [1.54, 1.807) is 49.5 Å². The predicted molar refractivity (Wildman–Crippen MR) is 113 cm³/mol. The number of methoxy groups -OCH3 is 1. The Morgan fingerprint density at radius 3 is 2.50 bits per heavy atom. The van der Waals surface area contributed by atoms with Crippen molar-refractivity contribution in [1.82, 2.24) is 9.88 Å². The summed E-state index contributed by atoms with van der Waals surface area (Å²) >= 11 is 1.75. The third-order valence-electron chi connectivity index (χ3n) is 3.08. The number of benzene rings is 1. The Morgan fingerprint density at radius 2 is 2.00 bits per heavy atom. The van der Waals surface area contributed by atoms with Crippen molar-refractivity contribution in [2.45, 2.75) is 13.5 Å². The van der Waals surface area contributed by atoms with E-state index in [9.17, 15) is 4.79 Å². The number of hydrogen-bond donors (Lipinski definition) is 2. The highest BCUT2D eigenvalue weighted by Crippen LogP contribution is 2.16. The minimum Gasteiger partial charge on any atom is -0.497 e. The van der Waals surface area contributed by atoms with Crippen LogP contribution in [0.25, 0.3) is 0 Å². The van der Waals surface area contributed by atoms with E-state index < -0.39 is 0 Å². The van der Waals surface area contributed by atoms with Gasteiger partial charge in [-0.25, -0.2) is 4.99 Å². The maximum absolute atomic E-state index is 12.1. The molecule has 142 valence electrons. The third-order valence-corrected chi connectivity index (χ3v) is 3.08. The summed E-state index contributed by atoms with van der Waals surface area (Å²) in [5, 5.41) is 8.95. The number of hydrogen-bond acceptors (Lipinski definition) is 5. The maximum atomic E-state index is 12.1. The molecule has 0 saturated carbocycles. The molecule has 2 rings (SSSR count). The van der Waals surface area contributed by atoms with Crippen LogP contribution in [0.15, 0.2) is 41.4 Å². The third kappa shape index (κ3) is 8.02. The van der Waals surface area contributed by atoms with Crippen LogP contribution < -0.4 is 10.1 Å². The quantitative estimate of drug-likeness (QED) is 0.776. The lowest BCUT2D eigenvalue weighted by Gasteiger charge is -2.08. The van der Waals surface area contributed by atoms with Gasteiger partial charge < -0.3 is 20.0 Å². The van der Waals surface area contributed by atoms with Crippen LogP contribution in [0.1, 0.15) is 23.0 Å². The molecule has 0 atom stereocenters. The van der Waals surface area contributed by atoms with Gasteiger partial charge in [0, 0.05) is 13.6 Å². The molecule has 1 aromatic carbocycles. The zero-order valence-corrected chi connectivity index (χ0v) is 16.9. The molecule has 7 heteroatoms. The number of nitrogens with one attached hydrogen (secondary N) is 2. The number of ether oxygens (including phenoxy) is 1. The Hall–Kier alpha value is -2.54. The smallest absolute Gasteiger partial charge is 0.268 e. The number of nitrogens with zero attached hydrogens (tertiary/aromatic N) is 2. The molecule has 6 nitrogen and oxygen atoms in total. The second kappa shape index (κ2) is 13.7. The summed E-state index contributed by atoms with van der Waals surface area (Å²) in [6.45, 7) is 5.57. The SMILES string of the molecule is C=Nc1ccc(C(=O)NCc2cccc(OC)c2)n1C.CC=N.CSC. The van der Waals surface area contributed by atoms with Crippen molar-refractivity contribution in [3.63, 3.8) is 0 Å². The average Bonchev–Trinajstić information content (AvgIpc) is 3.02. The number of aliphatic imine (C=N–C) groups is 1. The van der Waals surface area contributed by atoms with Crippen LogP contribution in [0.4, 0.5) is 5.82 Å². The standard InChI is InChI=1S/C15H17N3O2.C2H5N.C2H6S/c1-16-14-8-7-13(18(14)2)15(19)17-10-11-5-4-6-12(9-11)20-3;1-2-3;1-3-2/h4-9H,1,10H2,2-3H3,(H,17,19);2-3H,1H3;1-2H3. The number of carbonyl (C=O) groups is 1. The predicted octanol–water partition coefficient (Wildman–Crippen LogP) is 3.93. The first-order valence-corrected chi connectivity index (χ1v) is 9.51. The fourth-order valence-electron chi connectivity index (χ4n) is 1.94. The first-order valence-electron chi connectivity index (χ1n) is 7.87. The monoisotopic (exact) mass is 376 g/mol. The van der Waals surface area contributed by atoms with Gasteiger partial charge in [0.25, 0.3) is 5.91 Å². The molecule has 0 aliphatic rings. The summed E-state index contributed by atoms with van der Waals surface area (Å²) in [5.74, 6) is 1.29. The number of amides is 1. The van der Waals surface area contributed by atoms with Gasteiger partial charge >= 0.3 is 0 Å². The second-order valence-electron chi connectivity index (χ2n) is 5.03. The van der Waals surface area contributed by atoms with E-state index in [2.05, 4.69) is 17.0 Å². The van der Waals surface area contributed by atoms with Crippen molar-refractivity contribution >= 4 is 36.4 Å². The van der Waals surface area contributed by atoms with Crippen LogP contribution in [-0.4, -0.2) is 43.0 Å². The molecular formula is C19H28N4O2S. The highest BCUT2D eigenvalue weighted by atomic mass is 32.2. The Balaban J connectivity index is 0.000000918. The van der Waals surface area contributed by atoms with Gasteiger partial charge in [0.15, 0.2) is 0 Å². The van der Waals surface area contributed by atoms with Gasteiger partial charge in [0.2, 0.25) is 0 Å². The van der Waals surface area contributed by atoms with E-state index in [1.165, 1.54) is 6.21 Å². The normalized spacial score (nSPS) is 8.96. The Bertz CT molecular complexity index is 699. The summed E-state index contributed by atoms with van der Waals surface area (Å²) < 4.78 is 6.85. The number of thioether (sulfide) groups is 1. The van der Waals surface area contributed by atoms with E-state index in [1.807, 2.05) is 36.8 Å². The van der Waals surface area contributed by atoms with Crippen LogP contribution in [0.5, 0.6) is 5.75 Å². The van der Waals surface area contributed by atoms with Gasteiger partial charge in [-0.15, -0.1) is 0 Å². The largest absolute Gasteiger partial charge is 0.497 e. The van der Waals surface area contributed by atoms with Crippen LogP contribution in [0.3, 0.4) is 0 Å². The Labute approximate surface area is 160 Å². The molecule has 2 N–H and O–H groups in total. The summed E-state index contributed by atoms with van der Waals surface area (Å²) in [5.41, 5.74) is 1.53. The molecule has 0 aliphatic heterocycles. The van der Waals surface area contributed by atoms with Gasteiger partial charge in [0.1, 0.15) is 17.3 Å². The van der Waals surface area contributed by atoms with Crippen molar-refractivity contribution in [1.29, 1.82) is 5.41 Å². The lowest BCUT2D eigenvalue weighted by Crippen LogP contribution is -2.24. The fourth-order valence-corrected chi connectivity index (χ4v) is 1.94. The average molecular weight is 377 g/mol. The van der Waals surface area contributed by atoms with Crippen molar-refractivity contribution in [3.05, 3.63) is 47.7 Å². The maximum Gasteiger partial charge on any atom is 0.268 e. The number of aromatic nitrogens is 1. The topological polar surface area (TPSA) is 79.5 Å². The highest BCUT2D eigenvalue weighted by Gasteiger charge is 2.11. The van der Waals surface area contributed by atoms with E-state index in [0.717, 1.165) is 11.3 Å². The minimum atomic E-state index is -0.148. The zero-order chi connectivity index (χ0) is 19.9. The summed E-state index contributed by atoms with van der Waals surface area (Å²) in [6, 6.07) is 11.1. The molecule has 2 aromatic rings. The van der Waals surface area contributed by atoms with Crippen LogP contribution >= 0.6 is 11.8 Å². The first-order chi connectivity index (χ1) is 12.5. The molecule has 0 aliphatic carbocycles. The van der Waals surface area contributed by atoms with Gasteiger partial charge in [-0.05, 0) is 62.2 Å². The van der Waals surface area contributed by atoms with Gasteiger partial charge in [-0.2, -0.15) is 11.8 Å². The molecule has 0 fully saturated rings. The highest BCUT2D eigenvalue weighted by molar-refractivity contribution is 7.97. The number of carbonyl (C=O) groups excluding carboxylic acids is 1. The minimum absolute atomic E-state index is 0.148. The van der Waals surface area contributed by atoms with Gasteiger partial charge in [-0.1, -0.05) is 12.1 Å². The van der Waals surface area contributed by atoms with Gasteiger partial charge in [0.05, 0.1) is 7.11 Å². The van der Waals surface area contributed by atoms with Crippen molar-refractivity contribution in [2.75, 3.05) is 19.6 Å². The summed E-state index contributed by atoms with van der Waals surface area (Å²) in [7, 11) is 3.40. The number of rotatable bonds is 5. The Kier molecular flexibility index (Phi) is 12.4. The van der Waals surface area contributed by atoms with Gasteiger partial charge in [-0.3, -0.25) is 4.79 Å². The Morgan fingerprint density at radius 1 is 1.38 bits per heavy atom. The zero-order valence-electron chi connectivity index (χ0n) is 16.1. The van der Waals surface area contributed by atoms with E-state index in [4.69, 9.17) is 10.1 Å². The molecule has 1 amide bonds. The molecule has 0 spiro atoms. The van der Waals surface area contributed by atoms with Crippen LogP contribution in [0, 0.1) is 5.41 Å². The molecule has 0 unspecified atom stereocenters. The molecule has 0 radical (unpaired) electrons. The van der Waals surface area contributed by atoms with Crippen molar-refractivity contribution < 1.29 is 9.53 Å². The summed E-state index contributed by atoms with van der Waals surface area (Å²) in [4.78, 5) is 15.9. The van der Waals surface area contributed by atoms with E-state index >= 15 is 0 Å². The molecule has 26 heavy (non-hydrogen) atoms.